The van der Waals surface area contributed by atoms with Crippen molar-refractivity contribution in [2.75, 3.05) is 59.4 Å². The van der Waals surface area contributed by atoms with Gasteiger partial charge in [0.15, 0.2) is 50.3 Å². The first-order valence-corrected chi connectivity index (χ1v) is 38.6. The van der Waals surface area contributed by atoms with Crippen molar-refractivity contribution in [3.8, 4) is 11.1 Å². The van der Waals surface area contributed by atoms with Gasteiger partial charge in [-0.15, -0.1) is 0 Å². The largest absolute Gasteiger partial charge is 0.480 e. The van der Waals surface area contributed by atoms with Crippen LogP contribution in [0.1, 0.15) is 22.6 Å². The fourth-order valence-corrected chi connectivity index (χ4v) is 16.9. The number of aliphatic hydroxyl groups is 23. The minimum Gasteiger partial charge on any atom is -0.480 e. The van der Waals surface area contributed by atoms with E-state index in [0.717, 1.165) is 22.3 Å². The number of carbonyl (C=O) groups is 2. The summed E-state index contributed by atoms with van der Waals surface area (Å²) < 4.78 is 101. The second-order valence-electron chi connectivity index (χ2n) is 30.7. The lowest BCUT2D eigenvalue weighted by atomic mass is 9.94. The highest BCUT2D eigenvalue weighted by molar-refractivity contribution is 5.86. The molecule has 1 aliphatic carbocycles. The number of aliphatic hydroxyl groups excluding tert-OH is 23. The third kappa shape index (κ3) is 17.5. The SMILES string of the molecule is O=C(O)[C@H](Cc1c[nH]c2ccccc12)N(C[C@H]1O[C@@H]2O[C@H]3[C@H](O)[C@@H](O)[C@@H](O[C@H]4[C@H](O)[C@@H](O)[C@@H](O[C@H]5[C@H](O)[C@@H](O)[C@@H](O[C@H]6[C@H](O)[C@@H](O)[C@@H](O[C@H]7[C@H](O)[C@@H](O)[C@@H](O[C@H]8[C@H](O)[C@@H](O)[C@@H](O[C@H]9[C@H](O)[C@@H](O)[C@@H](O[C@H]1[C@H](O)[C@H]2O)O[C@@H]9CO)O[C@@H]8CO)O[C@@H]7CO)O[C@@H]6CO)O[C@@H]5CO)O[C@@H]4CO)O[C@@H]3CO)C(=O)OCC1c2ccccc2-c2ccccc21. The van der Waals surface area contributed by atoms with Gasteiger partial charge in [-0.1, -0.05) is 66.7 Å². The van der Waals surface area contributed by atoms with Gasteiger partial charge >= 0.3 is 12.1 Å². The molecule has 31 aliphatic rings. The number of hydrogen-bond acceptors (Lipinski definition) is 42. The van der Waals surface area contributed by atoms with E-state index in [4.69, 9.17) is 80.5 Å². The molecule has 1 aromatic heterocycles. The van der Waals surface area contributed by atoms with Crippen molar-refractivity contribution in [1.82, 2.24) is 9.88 Å². The Bertz CT molecular complexity index is 3930. The summed E-state index contributed by atoms with van der Waals surface area (Å²) in [7, 11) is 0. The van der Waals surface area contributed by atoms with E-state index >= 15 is 4.79 Å². The second-order valence-corrected chi connectivity index (χ2v) is 30.7. The standard InChI is InChI=1S/C74H100N2O43/c77-16-34-58-43(86)51(94)68(106-34)115-60-36(18-79)108-70(53(96)45(60)88)117-62-38(20-81)110-72(55(98)47(62)90)119-64-40(22-83)111-73(56(99)48(64)91)118-63-39(21-82)109-71(54(97)46(63)89)116-61-37(19-80)107-69(52(95)44(61)87)114-59-35(17-78)105-67(50(93)42(59)85)112-57-33(104-66(113-58)49(92)41(57)84)15-76(32(65(100)101)13-24-14-75-31-12-6-5-7-25(24)31)74(102)103-23-30-28-10-3-1-8-26(28)27-9-2-4-11-29(27)30/h1-12,14,30,32-64,66-73,75,77-99H,13,15-23H2,(H,100,101)/t32-,33+,34+,35+,36+,37+,38+,39+,40+,41+,42+,43+,44+,45+,46+,47+,48+,49+,50+,51+,52+,53+,54+,55+,56+,57+,58+,59+,60+,61+,62+,63+,64+,66+,67+,68+,69+,70+,71+,72+,73+/m0/s1. The number of para-hydroxylation sites is 1. The van der Waals surface area contributed by atoms with Gasteiger partial charge in [-0.3, -0.25) is 4.90 Å². The summed E-state index contributed by atoms with van der Waals surface area (Å²) in [6, 6.07) is 19.3. The Morgan fingerprint density at radius 3 is 0.866 bits per heavy atom. The Labute approximate surface area is 673 Å². The number of H-pyrrole nitrogens is 1. The van der Waals surface area contributed by atoms with Gasteiger partial charge in [0.25, 0.3) is 0 Å². The number of carbonyl (C=O) groups excluding carboxylic acids is 1. The molecule has 30 saturated heterocycles. The van der Waals surface area contributed by atoms with Gasteiger partial charge in [-0.05, 0) is 33.9 Å². The topological polar surface area (TPSA) is 696 Å². The zero-order chi connectivity index (χ0) is 85.0. The van der Waals surface area contributed by atoms with Crippen molar-refractivity contribution >= 4 is 23.0 Å². The average molecular weight is 1710 g/mol. The molecule has 0 spiro atoms. The van der Waals surface area contributed by atoms with Gasteiger partial charge in [0.2, 0.25) is 0 Å². The maximum atomic E-state index is 15.4. The first kappa shape index (κ1) is 89.7. The van der Waals surface area contributed by atoms with Crippen LogP contribution >= 0.6 is 0 Å². The fraction of sp³-hybridized carbons (Fsp3) is 0.703. The minimum atomic E-state index is -2.49. The van der Waals surface area contributed by atoms with E-state index in [-0.39, 0.29) is 0 Å². The summed E-state index contributed by atoms with van der Waals surface area (Å²) in [4.78, 5) is 33.2. The second kappa shape index (κ2) is 38.1. The molecule has 1 amide bonds. The molecule has 30 fully saturated rings. The third-order valence-electron chi connectivity index (χ3n) is 23.4. The minimum absolute atomic E-state index is 0.341. The fourth-order valence-electron chi connectivity index (χ4n) is 16.9. The number of benzene rings is 3. The first-order valence-electron chi connectivity index (χ1n) is 38.6. The molecule has 0 saturated carbocycles. The molecule has 41 atom stereocenters. The lowest BCUT2D eigenvalue weighted by Gasteiger charge is -2.51. The highest BCUT2D eigenvalue weighted by Crippen LogP contribution is 2.46. The van der Waals surface area contributed by atoms with Crippen LogP contribution in [0.25, 0.3) is 22.0 Å². The zero-order valence-electron chi connectivity index (χ0n) is 62.8. The number of aliphatic carboxylic acids is 1. The maximum absolute atomic E-state index is 15.4. The number of carboxylic acids is 1. The van der Waals surface area contributed by atoms with Gasteiger partial charge in [-0.25, -0.2) is 9.59 Å². The van der Waals surface area contributed by atoms with Crippen LogP contribution in [0.5, 0.6) is 0 Å². The highest BCUT2D eigenvalue weighted by Gasteiger charge is 2.61. The number of carboxylic acid groups (broad SMARTS) is 1. The summed E-state index contributed by atoms with van der Waals surface area (Å²) >= 11 is 0. The van der Waals surface area contributed by atoms with Gasteiger partial charge in [0.05, 0.1) is 52.8 Å². The van der Waals surface area contributed by atoms with Crippen LogP contribution in [-0.4, -0.2) is 456 Å². The molecule has 35 rings (SSSR count). The van der Waals surface area contributed by atoms with Crippen LogP contribution in [0.4, 0.5) is 4.79 Å². The summed E-state index contributed by atoms with van der Waals surface area (Å²) in [5.41, 5.74) is 3.97. The lowest BCUT2D eigenvalue weighted by molar-refractivity contribution is -0.403. The zero-order valence-corrected chi connectivity index (χ0v) is 62.8. The Hall–Kier alpha value is -5.62. The Morgan fingerprint density at radius 1 is 0.336 bits per heavy atom. The van der Waals surface area contributed by atoms with Gasteiger partial charge < -0.3 is 208 Å². The summed E-state index contributed by atoms with van der Waals surface area (Å²) in [6.45, 7) is -9.57. The number of ether oxygens (including phenoxy) is 17. The number of fused-ring (bicyclic) bond motifs is 4. The molecular weight excluding hydrogens is 1600 g/mol. The van der Waals surface area contributed by atoms with Gasteiger partial charge in [-0.2, -0.15) is 0 Å². The molecule has 16 bridgehead atoms. The van der Waals surface area contributed by atoms with E-state index in [9.17, 15) is 127 Å². The van der Waals surface area contributed by atoms with E-state index in [0.29, 0.717) is 21.4 Å². The molecule has 45 nitrogen and oxygen atoms in total. The van der Waals surface area contributed by atoms with Crippen LogP contribution in [0.3, 0.4) is 0 Å². The molecule has 31 heterocycles. The van der Waals surface area contributed by atoms with Crippen molar-refractivity contribution in [2.45, 2.75) is 264 Å². The predicted octanol–water partition coefficient (Wildman–Crippen LogP) is -12.0. The predicted molar refractivity (Wildman–Crippen MR) is 379 cm³/mol. The molecule has 45 heteroatoms. The van der Waals surface area contributed by atoms with Crippen LogP contribution in [0.2, 0.25) is 0 Å². The van der Waals surface area contributed by atoms with Crippen molar-refractivity contribution in [2.24, 2.45) is 0 Å². The molecule has 0 unspecified atom stereocenters. The summed E-state index contributed by atoms with van der Waals surface area (Å²) in [6.07, 6.45) is -87.3. The number of aromatic nitrogens is 1. The highest BCUT2D eigenvalue weighted by atomic mass is 16.8. The molecular formula is C74H100N2O43. The van der Waals surface area contributed by atoms with Gasteiger partial charge in [0.1, 0.15) is 208 Å². The van der Waals surface area contributed by atoms with E-state index in [1.807, 2.05) is 36.4 Å². The summed E-state index contributed by atoms with van der Waals surface area (Å²) in [5, 5.41) is 276. The van der Waals surface area contributed by atoms with Crippen LogP contribution in [0.15, 0.2) is 79.0 Å². The van der Waals surface area contributed by atoms with E-state index in [1.165, 1.54) is 6.20 Å². The average Bonchev–Trinajstić information content (AvgIpc) is 1.74. The Kier molecular flexibility index (Phi) is 28.7. The Balaban J connectivity index is 0.785. The quantitative estimate of drug-likeness (QED) is 0.0525. The smallest absolute Gasteiger partial charge is 0.410 e. The number of rotatable bonds is 15. The van der Waals surface area contributed by atoms with Crippen molar-refractivity contribution < 1.29 is 213 Å². The molecule has 4 aromatic rings. The normalized spacial score (nSPS) is 44.6. The van der Waals surface area contributed by atoms with Crippen LogP contribution in [-0.2, 0) is 91.7 Å². The lowest BCUT2D eigenvalue weighted by Crippen LogP contribution is -2.69. The van der Waals surface area contributed by atoms with E-state index in [1.54, 1.807) is 36.4 Å². The molecule has 30 aliphatic heterocycles. The van der Waals surface area contributed by atoms with Crippen LogP contribution < -0.4 is 0 Å². The summed E-state index contributed by atoms with van der Waals surface area (Å²) in [5.74, 6) is -2.31. The van der Waals surface area contributed by atoms with Gasteiger partial charge in [0, 0.05) is 29.4 Å². The van der Waals surface area contributed by atoms with Crippen molar-refractivity contribution in [3.05, 3.63) is 95.7 Å². The first-order chi connectivity index (χ1) is 57.1. The van der Waals surface area contributed by atoms with Crippen molar-refractivity contribution in [1.29, 1.82) is 0 Å². The maximum Gasteiger partial charge on any atom is 0.410 e. The third-order valence-corrected chi connectivity index (χ3v) is 23.4. The van der Waals surface area contributed by atoms with Crippen molar-refractivity contribution in [3.63, 3.8) is 0 Å². The molecule has 3 aromatic carbocycles. The number of aromatic amines is 1. The number of nitrogens with zero attached hydrogens (tertiary/aromatic N) is 1. The monoisotopic (exact) mass is 1700 g/mol. The molecule has 664 valence electrons. The number of nitrogens with one attached hydrogen (secondary N) is 1. The molecule has 25 N–H and O–H groups in total. The molecule has 0 radical (unpaired) electrons. The van der Waals surface area contributed by atoms with E-state index in [2.05, 4.69) is 4.98 Å². The van der Waals surface area contributed by atoms with E-state index < -0.39 is 335 Å². The van der Waals surface area contributed by atoms with Crippen LogP contribution in [0, 0.1) is 0 Å². The molecule has 119 heavy (non-hydrogen) atoms. The number of amides is 1. The number of hydrogen-bond donors (Lipinski definition) is 25. The Morgan fingerprint density at radius 2 is 0.588 bits per heavy atom.